The fourth-order valence-electron chi connectivity index (χ4n) is 4.43. The fraction of sp³-hybridized carbons (Fsp3) is 0.269. The van der Waals surface area contributed by atoms with Crippen molar-refractivity contribution in [2.45, 2.75) is 26.4 Å². The van der Waals surface area contributed by atoms with Gasteiger partial charge < -0.3 is 19.4 Å². The number of amides is 1. The number of esters is 1. The topological polar surface area (TPSA) is 89.4 Å². The average molecular weight is 459 g/mol. The summed E-state index contributed by atoms with van der Waals surface area (Å²) in [6.07, 6.45) is 2.46. The lowest BCUT2D eigenvalue weighted by molar-refractivity contribution is 0.0513. The number of H-pyrrole nitrogens is 1. The van der Waals surface area contributed by atoms with Crippen LogP contribution in [-0.2, 0) is 24.2 Å². The zero-order valence-corrected chi connectivity index (χ0v) is 19.2. The van der Waals surface area contributed by atoms with Crippen LogP contribution < -0.4 is 4.74 Å². The second-order valence-electron chi connectivity index (χ2n) is 8.26. The van der Waals surface area contributed by atoms with E-state index < -0.39 is 5.97 Å². The van der Waals surface area contributed by atoms with E-state index in [1.807, 2.05) is 59.4 Å². The number of carbonyl (C=O) groups is 2. The van der Waals surface area contributed by atoms with Gasteiger partial charge in [0, 0.05) is 46.9 Å². The number of hydrogen-bond donors (Lipinski definition) is 1. The molecule has 3 heterocycles. The Bertz CT molecular complexity index is 1350. The lowest BCUT2D eigenvalue weighted by Crippen LogP contribution is -2.36. The zero-order valence-electron chi connectivity index (χ0n) is 19.2. The normalized spacial score (nSPS) is 13.1. The van der Waals surface area contributed by atoms with Crippen molar-refractivity contribution in [3.8, 4) is 5.75 Å². The number of nitrogens with zero attached hydrogens (tertiary/aromatic N) is 3. The first-order valence-electron chi connectivity index (χ1n) is 11.3. The van der Waals surface area contributed by atoms with Crippen LogP contribution in [0.15, 0.2) is 54.7 Å². The summed E-state index contributed by atoms with van der Waals surface area (Å²) >= 11 is 0. The zero-order chi connectivity index (χ0) is 23.7. The van der Waals surface area contributed by atoms with Crippen LogP contribution in [0.25, 0.3) is 10.9 Å². The summed E-state index contributed by atoms with van der Waals surface area (Å²) in [5.41, 5.74) is 4.66. The van der Waals surface area contributed by atoms with Gasteiger partial charge in [-0.1, -0.05) is 12.1 Å². The van der Waals surface area contributed by atoms with Crippen LogP contribution in [0.4, 0.5) is 0 Å². The van der Waals surface area contributed by atoms with Crippen LogP contribution in [0.3, 0.4) is 0 Å². The molecule has 2 aromatic carbocycles. The van der Waals surface area contributed by atoms with Gasteiger partial charge in [0.1, 0.15) is 5.75 Å². The van der Waals surface area contributed by atoms with E-state index in [2.05, 4.69) is 10.1 Å². The third-order valence-corrected chi connectivity index (χ3v) is 6.18. The Morgan fingerprint density at radius 2 is 1.94 bits per heavy atom. The maximum Gasteiger partial charge on any atom is 0.359 e. The Kier molecular flexibility index (Phi) is 5.79. The Morgan fingerprint density at radius 1 is 1.12 bits per heavy atom. The summed E-state index contributed by atoms with van der Waals surface area (Å²) in [6, 6.07) is 15.3. The van der Waals surface area contributed by atoms with Crippen LogP contribution in [0.2, 0.25) is 0 Å². The number of hydrogen-bond acceptors (Lipinski definition) is 5. The monoisotopic (exact) mass is 458 g/mol. The number of carbonyl (C=O) groups excluding carboxylic acids is 2. The predicted molar refractivity (Wildman–Crippen MR) is 127 cm³/mol. The fourth-order valence-corrected chi connectivity index (χ4v) is 4.43. The van der Waals surface area contributed by atoms with Gasteiger partial charge in [-0.15, -0.1) is 0 Å². The van der Waals surface area contributed by atoms with Crippen molar-refractivity contribution in [2.75, 3.05) is 20.3 Å². The van der Waals surface area contributed by atoms with E-state index in [4.69, 9.17) is 9.47 Å². The van der Waals surface area contributed by atoms with Gasteiger partial charge in [-0.25, -0.2) is 4.79 Å². The van der Waals surface area contributed by atoms with Crippen molar-refractivity contribution in [3.63, 3.8) is 0 Å². The van der Waals surface area contributed by atoms with Crippen LogP contribution in [0.1, 0.15) is 44.6 Å². The Hall–Kier alpha value is -4.07. The Morgan fingerprint density at radius 3 is 2.71 bits per heavy atom. The summed E-state index contributed by atoms with van der Waals surface area (Å²) in [7, 11) is 1.63. The summed E-state index contributed by atoms with van der Waals surface area (Å²) in [4.78, 5) is 30.9. The maximum atomic E-state index is 13.3. The van der Waals surface area contributed by atoms with Crippen molar-refractivity contribution < 1.29 is 19.1 Å². The smallest absolute Gasteiger partial charge is 0.359 e. The van der Waals surface area contributed by atoms with Crippen LogP contribution in [0.5, 0.6) is 5.75 Å². The number of nitrogens with one attached hydrogen (secondary N) is 1. The van der Waals surface area contributed by atoms with Crippen LogP contribution in [-0.4, -0.2) is 51.8 Å². The van der Waals surface area contributed by atoms with Crippen molar-refractivity contribution in [1.82, 2.24) is 19.7 Å². The van der Waals surface area contributed by atoms with Gasteiger partial charge in [0.2, 0.25) is 0 Å². The molecule has 2 aromatic heterocycles. The minimum Gasteiger partial charge on any atom is -0.497 e. The average Bonchev–Trinajstić information content (AvgIpc) is 3.48. The van der Waals surface area contributed by atoms with Crippen molar-refractivity contribution in [3.05, 3.63) is 82.8 Å². The lowest BCUT2D eigenvalue weighted by atomic mass is 10.0. The van der Waals surface area contributed by atoms with Gasteiger partial charge in [-0.2, -0.15) is 5.10 Å². The quantitative estimate of drug-likeness (QED) is 0.444. The molecule has 1 amide bonds. The summed E-state index contributed by atoms with van der Waals surface area (Å²) in [5.74, 6) is 0.257. The van der Waals surface area contributed by atoms with Gasteiger partial charge in [0.05, 0.1) is 26.8 Å². The maximum absolute atomic E-state index is 13.3. The first-order chi connectivity index (χ1) is 16.6. The van der Waals surface area contributed by atoms with E-state index in [0.717, 1.165) is 33.5 Å². The van der Waals surface area contributed by atoms with Crippen molar-refractivity contribution >= 4 is 22.8 Å². The highest BCUT2D eigenvalue weighted by Gasteiger charge is 2.31. The van der Waals surface area contributed by atoms with Gasteiger partial charge in [0.25, 0.3) is 5.91 Å². The number of ether oxygens (including phenoxy) is 2. The molecular formula is C26H26N4O4. The summed E-state index contributed by atoms with van der Waals surface area (Å²) in [5, 5.41) is 5.61. The van der Waals surface area contributed by atoms with Gasteiger partial charge >= 0.3 is 5.97 Å². The molecule has 8 nitrogen and oxygen atoms in total. The van der Waals surface area contributed by atoms with Crippen molar-refractivity contribution in [2.24, 2.45) is 0 Å². The van der Waals surface area contributed by atoms with Crippen LogP contribution in [0, 0.1) is 0 Å². The molecule has 1 aliphatic heterocycles. The highest BCUT2D eigenvalue weighted by atomic mass is 16.5. The third kappa shape index (κ3) is 4.03. The molecule has 0 saturated carbocycles. The van der Waals surface area contributed by atoms with E-state index in [0.29, 0.717) is 31.6 Å². The molecule has 34 heavy (non-hydrogen) atoms. The molecule has 4 aromatic rings. The van der Waals surface area contributed by atoms with Crippen LogP contribution >= 0.6 is 0 Å². The standard InChI is InChI=1S/C26H26N4O4/c1-3-34-26(32)24-21-16-29(25(31)19-6-9-22-18(14-19)10-12-27-22)13-11-23(21)30(28-24)15-17-4-7-20(33-2)8-5-17/h4-10,12,14,27H,3,11,13,15-16H2,1-2H3. The molecule has 0 bridgehead atoms. The molecule has 0 unspecified atom stereocenters. The molecule has 0 fully saturated rings. The second kappa shape index (κ2) is 9.05. The number of benzene rings is 2. The Balaban J connectivity index is 1.44. The molecule has 0 saturated heterocycles. The number of aromatic amines is 1. The number of rotatable bonds is 6. The molecule has 0 radical (unpaired) electrons. The SMILES string of the molecule is CCOC(=O)c1nn(Cc2ccc(OC)cc2)c2c1CN(C(=O)c1ccc3[nH]ccc3c1)CC2. The van der Waals surface area contributed by atoms with Gasteiger partial charge in [-0.05, 0) is 48.9 Å². The highest BCUT2D eigenvalue weighted by molar-refractivity contribution is 5.98. The Labute approximate surface area is 197 Å². The molecule has 0 atom stereocenters. The molecule has 0 aliphatic carbocycles. The van der Waals surface area contributed by atoms with E-state index in [1.54, 1.807) is 18.9 Å². The minimum absolute atomic E-state index is 0.0635. The molecule has 1 N–H and O–H groups in total. The third-order valence-electron chi connectivity index (χ3n) is 6.18. The number of methoxy groups -OCH3 is 1. The lowest BCUT2D eigenvalue weighted by Gasteiger charge is -2.28. The van der Waals surface area contributed by atoms with E-state index in [-0.39, 0.29) is 18.2 Å². The van der Waals surface area contributed by atoms with E-state index in [9.17, 15) is 9.59 Å². The highest BCUT2D eigenvalue weighted by Crippen LogP contribution is 2.26. The van der Waals surface area contributed by atoms with Crippen molar-refractivity contribution in [1.29, 1.82) is 0 Å². The minimum atomic E-state index is -0.463. The molecule has 174 valence electrons. The number of aromatic nitrogens is 3. The first kappa shape index (κ1) is 21.8. The van der Waals surface area contributed by atoms with Gasteiger partial charge in [0.15, 0.2) is 5.69 Å². The molecule has 8 heteroatoms. The molecule has 0 spiro atoms. The molecule has 1 aliphatic rings. The predicted octanol–water partition coefficient (Wildman–Crippen LogP) is 3.80. The summed E-state index contributed by atoms with van der Waals surface area (Å²) in [6.45, 7) is 3.41. The van der Waals surface area contributed by atoms with E-state index in [1.165, 1.54) is 0 Å². The second-order valence-corrected chi connectivity index (χ2v) is 8.26. The van der Waals surface area contributed by atoms with E-state index >= 15 is 0 Å². The largest absolute Gasteiger partial charge is 0.497 e. The molecule has 5 rings (SSSR count). The first-order valence-corrected chi connectivity index (χ1v) is 11.3. The summed E-state index contributed by atoms with van der Waals surface area (Å²) < 4.78 is 12.4. The van der Waals surface area contributed by atoms with Gasteiger partial charge in [-0.3, -0.25) is 9.48 Å². The number of fused-ring (bicyclic) bond motifs is 2. The molecular weight excluding hydrogens is 432 g/mol.